The SMILES string of the molecule is CNCCN(C)C(=O)COc1ccc2oc3c(c2c1)CCCC3. The van der Waals surface area contributed by atoms with E-state index >= 15 is 0 Å². The molecule has 124 valence electrons. The summed E-state index contributed by atoms with van der Waals surface area (Å²) in [6, 6.07) is 5.82. The average molecular weight is 316 g/mol. The zero-order valence-corrected chi connectivity index (χ0v) is 13.9. The smallest absolute Gasteiger partial charge is 0.260 e. The highest BCUT2D eigenvalue weighted by Gasteiger charge is 2.18. The number of ether oxygens (including phenoxy) is 1. The summed E-state index contributed by atoms with van der Waals surface area (Å²) in [5.74, 6) is 1.82. The molecule has 0 fully saturated rings. The number of rotatable bonds is 6. The number of hydrogen-bond donors (Lipinski definition) is 1. The minimum atomic E-state index is -0.0189. The van der Waals surface area contributed by atoms with Gasteiger partial charge in [0.2, 0.25) is 0 Å². The first-order chi connectivity index (χ1) is 11.2. The van der Waals surface area contributed by atoms with Crippen molar-refractivity contribution in [1.29, 1.82) is 0 Å². The van der Waals surface area contributed by atoms with E-state index in [9.17, 15) is 4.79 Å². The van der Waals surface area contributed by atoms with E-state index in [1.807, 2.05) is 25.2 Å². The lowest BCUT2D eigenvalue weighted by Crippen LogP contribution is -2.35. The fourth-order valence-corrected chi connectivity index (χ4v) is 2.99. The van der Waals surface area contributed by atoms with Crippen LogP contribution in [-0.4, -0.2) is 44.6 Å². The normalized spacial score (nSPS) is 13.8. The highest BCUT2D eigenvalue weighted by atomic mass is 16.5. The van der Waals surface area contributed by atoms with Crippen LogP contribution in [0.4, 0.5) is 0 Å². The molecule has 0 aliphatic heterocycles. The van der Waals surface area contributed by atoms with Crippen molar-refractivity contribution in [1.82, 2.24) is 10.2 Å². The highest BCUT2D eigenvalue weighted by molar-refractivity contribution is 5.84. The molecule has 0 atom stereocenters. The van der Waals surface area contributed by atoms with Crippen LogP contribution in [-0.2, 0) is 17.6 Å². The standard InChI is InChI=1S/C18H24N2O3/c1-19-9-10-20(2)18(21)12-22-13-7-8-17-15(11-13)14-5-3-4-6-16(14)23-17/h7-8,11,19H,3-6,9-10,12H2,1-2H3. The van der Waals surface area contributed by atoms with E-state index in [2.05, 4.69) is 5.32 Å². The molecule has 2 aromatic rings. The van der Waals surface area contributed by atoms with E-state index in [4.69, 9.17) is 9.15 Å². The highest BCUT2D eigenvalue weighted by Crippen LogP contribution is 2.33. The van der Waals surface area contributed by atoms with Crippen LogP contribution in [0.2, 0.25) is 0 Å². The van der Waals surface area contributed by atoms with Crippen molar-refractivity contribution in [3.05, 3.63) is 29.5 Å². The first kappa shape index (κ1) is 15.9. The van der Waals surface area contributed by atoms with Crippen LogP contribution < -0.4 is 10.1 Å². The molecular weight excluding hydrogens is 292 g/mol. The fourth-order valence-electron chi connectivity index (χ4n) is 2.99. The molecule has 5 nitrogen and oxygen atoms in total. The number of nitrogens with zero attached hydrogens (tertiary/aromatic N) is 1. The minimum absolute atomic E-state index is 0.0189. The number of amides is 1. The number of fused-ring (bicyclic) bond motifs is 3. The van der Waals surface area contributed by atoms with E-state index in [0.29, 0.717) is 6.54 Å². The molecule has 1 amide bonds. The third kappa shape index (κ3) is 3.50. The van der Waals surface area contributed by atoms with E-state index in [0.717, 1.165) is 41.9 Å². The number of hydrogen-bond acceptors (Lipinski definition) is 4. The molecule has 1 N–H and O–H groups in total. The number of carbonyl (C=O) groups excluding carboxylic acids is 1. The molecule has 0 spiro atoms. The molecule has 0 bridgehead atoms. The Morgan fingerprint density at radius 3 is 3.00 bits per heavy atom. The van der Waals surface area contributed by atoms with Crippen LogP contribution in [0.1, 0.15) is 24.2 Å². The summed E-state index contributed by atoms with van der Waals surface area (Å²) >= 11 is 0. The maximum atomic E-state index is 12.0. The number of benzene rings is 1. The second-order valence-corrected chi connectivity index (χ2v) is 6.08. The van der Waals surface area contributed by atoms with Gasteiger partial charge in [0, 0.05) is 37.5 Å². The quantitative estimate of drug-likeness (QED) is 0.889. The molecule has 3 rings (SSSR count). The molecule has 1 aliphatic carbocycles. The monoisotopic (exact) mass is 316 g/mol. The molecular formula is C18H24N2O3. The number of carbonyl (C=O) groups is 1. The summed E-state index contributed by atoms with van der Waals surface area (Å²) in [7, 11) is 3.66. The van der Waals surface area contributed by atoms with Crippen molar-refractivity contribution in [3.8, 4) is 5.75 Å². The van der Waals surface area contributed by atoms with Crippen molar-refractivity contribution < 1.29 is 13.9 Å². The van der Waals surface area contributed by atoms with Gasteiger partial charge in [0.1, 0.15) is 17.1 Å². The second-order valence-electron chi connectivity index (χ2n) is 6.08. The van der Waals surface area contributed by atoms with Gasteiger partial charge in [-0.05, 0) is 44.5 Å². The van der Waals surface area contributed by atoms with Crippen LogP contribution in [0.5, 0.6) is 5.75 Å². The van der Waals surface area contributed by atoms with E-state index in [-0.39, 0.29) is 12.5 Å². The lowest BCUT2D eigenvalue weighted by atomic mass is 9.96. The van der Waals surface area contributed by atoms with Gasteiger partial charge >= 0.3 is 0 Å². The van der Waals surface area contributed by atoms with E-state index < -0.39 is 0 Å². The van der Waals surface area contributed by atoms with Crippen molar-refractivity contribution in [2.45, 2.75) is 25.7 Å². The maximum Gasteiger partial charge on any atom is 0.260 e. The number of likely N-dealkylation sites (N-methyl/N-ethyl adjacent to an activating group) is 2. The first-order valence-electron chi connectivity index (χ1n) is 8.24. The average Bonchev–Trinajstić information content (AvgIpc) is 2.95. The van der Waals surface area contributed by atoms with Gasteiger partial charge in [-0.2, -0.15) is 0 Å². The number of nitrogens with one attached hydrogen (secondary N) is 1. The summed E-state index contributed by atoms with van der Waals surface area (Å²) in [5.41, 5.74) is 2.23. The summed E-state index contributed by atoms with van der Waals surface area (Å²) in [5, 5.41) is 4.16. The van der Waals surface area contributed by atoms with Crippen molar-refractivity contribution in [2.75, 3.05) is 33.8 Å². The molecule has 0 radical (unpaired) electrons. The van der Waals surface area contributed by atoms with Crippen LogP contribution in [0.25, 0.3) is 11.0 Å². The van der Waals surface area contributed by atoms with Crippen molar-refractivity contribution in [3.63, 3.8) is 0 Å². The molecule has 1 heterocycles. The van der Waals surface area contributed by atoms with Crippen LogP contribution in [0.3, 0.4) is 0 Å². The Kier molecular flexibility index (Phi) is 4.86. The van der Waals surface area contributed by atoms with E-state index in [1.54, 1.807) is 11.9 Å². The third-order valence-electron chi connectivity index (χ3n) is 4.41. The zero-order chi connectivity index (χ0) is 16.2. The summed E-state index contributed by atoms with van der Waals surface area (Å²) in [6.07, 6.45) is 4.50. The Labute approximate surface area is 136 Å². The molecule has 5 heteroatoms. The van der Waals surface area contributed by atoms with Gasteiger partial charge in [-0.25, -0.2) is 0 Å². The predicted molar refractivity (Wildman–Crippen MR) is 89.9 cm³/mol. The van der Waals surface area contributed by atoms with Gasteiger partial charge in [-0.15, -0.1) is 0 Å². The molecule has 0 saturated carbocycles. The maximum absolute atomic E-state index is 12.0. The third-order valence-corrected chi connectivity index (χ3v) is 4.41. The minimum Gasteiger partial charge on any atom is -0.484 e. The molecule has 23 heavy (non-hydrogen) atoms. The molecule has 1 aromatic heterocycles. The predicted octanol–water partition coefficient (Wildman–Crippen LogP) is 2.37. The Morgan fingerprint density at radius 2 is 2.17 bits per heavy atom. The number of furan rings is 1. The van der Waals surface area contributed by atoms with Crippen LogP contribution in [0.15, 0.2) is 22.6 Å². The Bertz CT molecular complexity index is 693. The summed E-state index contributed by atoms with van der Waals surface area (Å²) in [6.45, 7) is 1.51. The van der Waals surface area contributed by atoms with E-state index in [1.165, 1.54) is 18.4 Å². The molecule has 1 aliphatic rings. The van der Waals surface area contributed by atoms with Crippen LogP contribution >= 0.6 is 0 Å². The van der Waals surface area contributed by atoms with Gasteiger partial charge in [0.05, 0.1) is 0 Å². The van der Waals surface area contributed by atoms with Crippen molar-refractivity contribution >= 4 is 16.9 Å². The largest absolute Gasteiger partial charge is 0.484 e. The lowest BCUT2D eigenvalue weighted by molar-refractivity contribution is -0.131. The second kappa shape index (κ2) is 7.04. The van der Waals surface area contributed by atoms with Gasteiger partial charge < -0.3 is 19.4 Å². The lowest BCUT2D eigenvalue weighted by Gasteiger charge is -2.17. The summed E-state index contributed by atoms with van der Waals surface area (Å²) < 4.78 is 11.6. The molecule has 1 aromatic carbocycles. The fraction of sp³-hybridized carbons (Fsp3) is 0.500. The van der Waals surface area contributed by atoms with Crippen molar-refractivity contribution in [2.24, 2.45) is 0 Å². The van der Waals surface area contributed by atoms with Gasteiger partial charge in [-0.1, -0.05) is 0 Å². The summed E-state index contributed by atoms with van der Waals surface area (Å²) in [4.78, 5) is 13.7. The topological polar surface area (TPSA) is 54.7 Å². The molecule has 0 unspecified atom stereocenters. The van der Waals surface area contributed by atoms with Gasteiger partial charge in [0.15, 0.2) is 6.61 Å². The number of aryl methyl sites for hydroxylation is 2. The molecule has 0 saturated heterocycles. The Balaban J connectivity index is 1.67. The zero-order valence-electron chi connectivity index (χ0n) is 13.9. The van der Waals surface area contributed by atoms with Gasteiger partial charge in [0.25, 0.3) is 5.91 Å². The Hall–Kier alpha value is -2.01. The first-order valence-corrected chi connectivity index (χ1v) is 8.24. The van der Waals surface area contributed by atoms with Crippen LogP contribution in [0, 0.1) is 0 Å². The Morgan fingerprint density at radius 1 is 1.35 bits per heavy atom. The van der Waals surface area contributed by atoms with Gasteiger partial charge in [-0.3, -0.25) is 4.79 Å².